The van der Waals surface area contributed by atoms with Crippen molar-refractivity contribution in [3.8, 4) is 0 Å². The van der Waals surface area contributed by atoms with Crippen molar-refractivity contribution in [3.05, 3.63) is 0 Å². The molecule has 0 heterocycles. The average Bonchev–Trinajstić information content (AvgIpc) is 2.30. The molecule has 18 heavy (non-hydrogen) atoms. The fourth-order valence-corrected chi connectivity index (χ4v) is 5.63. The van der Waals surface area contributed by atoms with E-state index in [0.29, 0.717) is 21.7 Å². The van der Waals surface area contributed by atoms with Crippen LogP contribution in [0.25, 0.3) is 0 Å². The molecule has 4 unspecified atom stereocenters. The number of hydrogen-bond donors (Lipinski definition) is 0. The van der Waals surface area contributed by atoms with Crippen molar-refractivity contribution < 1.29 is 0 Å². The van der Waals surface area contributed by atoms with Gasteiger partial charge in [0.15, 0.2) is 0 Å². The molecule has 0 bridgehead atoms. The van der Waals surface area contributed by atoms with E-state index in [1.54, 1.807) is 0 Å². The van der Waals surface area contributed by atoms with Gasteiger partial charge in [0.25, 0.3) is 0 Å². The second-order valence-corrected chi connectivity index (χ2v) is 9.11. The van der Waals surface area contributed by atoms with Crippen LogP contribution in [0.5, 0.6) is 0 Å². The first kappa shape index (κ1) is 16.1. The molecule has 1 fully saturated rings. The van der Waals surface area contributed by atoms with Crippen LogP contribution in [0.3, 0.4) is 0 Å². The lowest BCUT2D eigenvalue weighted by Crippen LogP contribution is -2.54. The Morgan fingerprint density at radius 2 is 1.22 bits per heavy atom. The summed E-state index contributed by atoms with van der Waals surface area (Å²) in [6, 6.07) is 0. The molecule has 108 valence electrons. The van der Waals surface area contributed by atoms with E-state index in [2.05, 4.69) is 76.2 Å². The Labute approximate surface area is 116 Å². The Morgan fingerprint density at radius 1 is 0.833 bits per heavy atom. The normalized spacial score (nSPS) is 44.7. The van der Waals surface area contributed by atoms with Crippen molar-refractivity contribution in [2.75, 3.05) is 0 Å². The monoisotopic (exact) mass is 252 g/mol. The van der Waals surface area contributed by atoms with Gasteiger partial charge in [-0.2, -0.15) is 0 Å². The summed E-state index contributed by atoms with van der Waals surface area (Å²) in [6.07, 6.45) is 0. The lowest BCUT2D eigenvalue weighted by atomic mass is 9.45. The Bertz CT molecular complexity index is 317. The second kappa shape index (κ2) is 4.00. The SMILES string of the molecule is CC1C(C)C(C)(C(C)C)C(C)(C(C)(C)C)C1(C)C. The average molecular weight is 252 g/mol. The van der Waals surface area contributed by atoms with Crippen LogP contribution in [0.2, 0.25) is 0 Å². The minimum atomic E-state index is 0.328. The van der Waals surface area contributed by atoms with Crippen LogP contribution < -0.4 is 0 Å². The van der Waals surface area contributed by atoms with Gasteiger partial charge in [0.1, 0.15) is 0 Å². The first-order chi connectivity index (χ1) is 7.76. The van der Waals surface area contributed by atoms with Crippen molar-refractivity contribution in [2.24, 2.45) is 39.4 Å². The maximum atomic E-state index is 2.56. The second-order valence-electron chi connectivity index (χ2n) is 9.11. The predicted molar refractivity (Wildman–Crippen MR) is 82.6 cm³/mol. The smallest absolute Gasteiger partial charge is 0.0164 e. The summed E-state index contributed by atoms with van der Waals surface area (Å²) in [5.74, 6) is 2.27. The van der Waals surface area contributed by atoms with E-state index in [-0.39, 0.29) is 0 Å². The molecular formula is C18H36. The van der Waals surface area contributed by atoms with Crippen LogP contribution in [-0.2, 0) is 0 Å². The molecule has 0 heteroatoms. The van der Waals surface area contributed by atoms with E-state index in [4.69, 9.17) is 0 Å². The molecule has 0 saturated heterocycles. The fraction of sp³-hybridized carbons (Fsp3) is 1.00. The first-order valence-electron chi connectivity index (χ1n) is 7.76. The first-order valence-corrected chi connectivity index (χ1v) is 7.76. The zero-order chi connectivity index (χ0) is 14.7. The Kier molecular flexibility index (Phi) is 3.56. The molecule has 0 aromatic carbocycles. The summed E-state index contributed by atoms with van der Waals surface area (Å²) in [5.41, 5.74) is 1.45. The molecule has 0 nitrogen and oxygen atoms in total. The summed E-state index contributed by atoms with van der Waals surface area (Å²) in [6.45, 7) is 27.3. The quantitative estimate of drug-likeness (QED) is 0.536. The van der Waals surface area contributed by atoms with Crippen molar-refractivity contribution in [3.63, 3.8) is 0 Å². The van der Waals surface area contributed by atoms with Crippen LogP contribution in [0, 0.1) is 39.4 Å². The van der Waals surface area contributed by atoms with Gasteiger partial charge in [-0.3, -0.25) is 0 Å². The third-order valence-corrected chi connectivity index (χ3v) is 7.90. The van der Waals surface area contributed by atoms with Gasteiger partial charge in [-0.05, 0) is 39.4 Å². The summed E-state index contributed by atoms with van der Waals surface area (Å²) >= 11 is 0. The number of hydrogen-bond acceptors (Lipinski definition) is 0. The van der Waals surface area contributed by atoms with E-state index in [9.17, 15) is 0 Å². The lowest BCUT2D eigenvalue weighted by Gasteiger charge is -2.59. The minimum Gasteiger partial charge on any atom is -0.0622 e. The van der Waals surface area contributed by atoms with Gasteiger partial charge in [0.2, 0.25) is 0 Å². The van der Waals surface area contributed by atoms with Gasteiger partial charge >= 0.3 is 0 Å². The molecule has 1 aliphatic carbocycles. The topological polar surface area (TPSA) is 0 Å². The van der Waals surface area contributed by atoms with E-state index in [0.717, 1.165) is 17.8 Å². The third-order valence-electron chi connectivity index (χ3n) is 7.90. The number of rotatable bonds is 1. The van der Waals surface area contributed by atoms with Gasteiger partial charge in [0.05, 0.1) is 0 Å². The molecular weight excluding hydrogens is 216 g/mol. The molecule has 0 spiro atoms. The minimum absolute atomic E-state index is 0.328. The van der Waals surface area contributed by atoms with Crippen LogP contribution in [0.1, 0.15) is 76.2 Å². The molecule has 0 amide bonds. The molecule has 1 aliphatic rings. The molecule has 1 saturated carbocycles. The van der Waals surface area contributed by atoms with Crippen molar-refractivity contribution >= 4 is 0 Å². The van der Waals surface area contributed by atoms with Crippen molar-refractivity contribution in [2.45, 2.75) is 76.2 Å². The Hall–Kier alpha value is 0. The van der Waals surface area contributed by atoms with E-state index >= 15 is 0 Å². The summed E-state index contributed by atoms with van der Waals surface area (Å²) in [7, 11) is 0. The maximum absolute atomic E-state index is 2.56. The molecule has 1 rings (SSSR count). The summed E-state index contributed by atoms with van der Waals surface area (Å²) < 4.78 is 0. The summed E-state index contributed by atoms with van der Waals surface area (Å²) in [4.78, 5) is 0. The van der Waals surface area contributed by atoms with E-state index in [1.807, 2.05) is 0 Å². The van der Waals surface area contributed by atoms with Crippen LogP contribution in [0.4, 0.5) is 0 Å². The highest BCUT2D eigenvalue weighted by molar-refractivity contribution is 5.17. The van der Waals surface area contributed by atoms with E-state index < -0.39 is 0 Å². The highest BCUT2D eigenvalue weighted by Crippen LogP contribution is 2.75. The van der Waals surface area contributed by atoms with Crippen molar-refractivity contribution in [1.82, 2.24) is 0 Å². The van der Waals surface area contributed by atoms with Gasteiger partial charge < -0.3 is 0 Å². The zero-order valence-corrected chi connectivity index (χ0v) is 14.7. The highest BCUT2D eigenvalue weighted by Gasteiger charge is 2.69. The van der Waals surface area contributed by atoms with Gasteiger partial charge in [-0.15, -0.1) is 0 Å². The zero-order valence-electron chi connectivity index (χ0n) is 14.7. The van der Waals surface area contributed by atoms with Gasteiger partial charge in [0, 0.05) is 0 Å². The summed E-state index contributed by atoms with van der Waals surface area (Å²) in [5, 5.41) is 0. The third kappa shape index (κ3) is 1.50. The molecule has 0 aliphatic heterocycles. The fourth-order valence-electron chi connectivity index (χ4n) is 5.63. The van der Waals surface area contributed by atoms with E-state index in [1.165, 1.54) is 0 Å². The molecule has 4 atom stereocenters. The maximum Gasteiger partial charge on any atom is -0.0164 e. The molecule has 0 aromatic heterocycles. The molecule has 0 radical (unpaired) electrons. The van der Waals surface area contributed by atoms with Crippen LogP contribution in [0.15, 0.2) is 0 Å². The standard InChI is InChI=1S/C18H36/c1-12(2)17(10)14(4)13(3)16(8,9)18(17,11)15(5,6)7/h12-14H,1-11H3. The van der Waals surface area contributed by atoms with Crippen LogP contribution in [-0.4, -0.2) is 0 Å². The largest absolute Gasteiger partial charge is 0.0622 e. The van der Waals surface area contributed by atoms with Gasteiger partial charge in [-0.25, -0.2) is 0 Å². The Balaban J connectivity index is 3.60. The van der Waals surface area contributed by atoms with Crippen LogP contribution >= 0.6 is 0 Å². The molecule has 0 N–H and O–H groups in total. The Morgan fingerprint density at radius 3 is 1.44 bits per heavy atom. The van der Waals surface area contributed by atoms with Gasteiger partial charge in [-0.1, -0.05) is 76.2 Å². The lowest BCUT2D eigenvalue weighted by molar-refractivity contribution is -0.116. The predicted octanol–water partition coefficient (Wildman–Crippen LogP) is 6.01. The highest BCUT2D eigenvalue weighted by atomic mass is 14.7. The van der Waals surface area contributed by atoms with Crippen molar-refractivity contribution in [1.29, 1.82) is 0 Å². The molecule has 0 aromatic rings.